The van der Waals surface area contributed by atoms with E-state index < -0.39 is 0 Å². The van der Waals surface area contributed by atoms with Gasteiger partial charge in [-0.15, -0.1) is 0 Å². The van der Waals surface area contributed by atoms with Crippen LogP contribution in [-0.4, -0.2) is 48.8 Å². The van der Waals surface area contributed by atoms with Crippen molar-refractivity contribution < 1.29 is 14.6 Å². The number of ether oxygens (including phenoxy) is 1. The van der Waals surface area contributed by atoms with E-state index in [9.17, 15) is 9.90 Å². The van der Waals surface area contributed by atoms with Crippen molar-refractivity contribution in [2.75, 3.05) is 32.9 Å². The zero-order valence-corrected chi connectivity index (χ0v) is 16.6. The van der Waals surface area contributed by atoms with Gasteiger partial charge in [-0.3, -0.25) is 4.79 Å². The fourth-order valence-electron chi connectivity index (χ4n) is 4.62. The van der Waals surface area contributed by atoms with Crippen molar-refractivity contribution in [3.8, 4) is 11.1 Å². The molecule has 0 aromatic heterocycles. The molecule has 0 bridgehead atoms. The first-order valence-electron chi connectivity index (χ1n) is 10.3. The van der Waals surface area contributed by atoms with Crippen molar-refractivity contribution >= 4 is 5.91 Å². The molecule has 148 valence electrons. The Hall–Kier alpha value is -2.17. The highest BCUT2D eigenvalue weighted by molar-refractivity contribution is 5.95. The van der Waals surface area contributed by atoms with Gasteiger partial charge in [0.15, 0.2) is 0 Å². The maximum absolute atomic E-state index is 13.0. The largest absolute Gasteiger partial charge is 0.396 e. The quantitative estimate of drug-likeness (QED) is 0.860. The molecule has 28 heavy (non-hydrogen) atoms. The summed E-state index contributed by atoms with van der Waals surface area (Å²) in [6, 6.07) is 16.5. The van der Waals surface area contributed by atoms with Gasteiger partial charge in [-0.05, 0) is 47.6 Å². The van der Waals surface area contributed by atoms with Gasteiger partial charge in [0.1, 0.15) is 0 Å². The van der Waals surface area contributed by atoms with Gasteiger partial charge in [-0.2, -0.15) is 0 Å². The Morgan fingerprint density at radius 3 is 2.43 bits per heavy atom. The third kappa shape index (κ3) is 3.59. The van der Waals surface area contributed by atoms with Crippen molar-refractivity contribution in [1.82, 2.24) is 4.90 Å². The molecule has 2 saturated heterocycles. The monoisotopic (exact) mass is 379 g/mol. The fourth-order valence-corrected chi connectivity index (χ4v) is 4.62. The number of benzene rings is 2. The van der Waals surface area contributed by atoms with Crippen LogP contribution in [-0.2, 0) is 11.2 Å². The molecule has 2 aromatic carbocycles. The first kappa shape index (κ1) is 19.2. The van der Waals surface area contributed by atoms with E-state index in [-0.39, 0.29) is 17.9 Å². The zero-order chi connectivity index (χ0) is 19.6. The second-order valence-electron chi connectivity index (χ2n) is 8.27. The van der Waals surface area contributed by atoms with Crippen molar-refractivity contribution in [3.05, 3.63) is 59.7 Å². The number of hydrogen-bond acceptors (Lipinski definition) is 3. The van der Waals surface area contributed by atoms with Crippen molar-refractivity contribution in [2.24, 2.45) is 11.3 Å². The van der Waals surface area contributed by atoms with Crippen LogP contribution in [0.1, 0.15) is 35.7 Å². The van der Waals surface area contributed by atoms with Crippen LogP contribution in [0, 0.1) is 11.3 Å². The van der Waals surface area contributed by atoms with E-state index in [2.05, 4.69) is 31.2 Å². The van der Waals surface area contributed by atoms with Gasteiger partial charge in [-0.1, -0.05) is 49.7 Å². The van der Waals surface area contributed by atoms with Crippen LogP contribution in [0.3, 0.4) is 0 Å². The van der Waals surface area contributed by atoms with Gasteiger partial charge >= 0.3 is 0 Å². The summed E-state index contributed by atoms with van der Waals surface area (Å²) in [5, 5.41) is 9.92. The lowest BCUT2D eigenvalue weighted by Gasteiger charge is -2.36. The zero-order valence-electron chi connectivity index (χ0n) is 16.6. The average Bonchev–Trinajstić information content (AvgIpc) is 3.14. The predicted molar refractivity (Wildman–Crippen MR) is 110 cm³/mol. The summed E-state index contributed by atoms with van der Waals surface area (Å²) in [4.78, 5) is 14.9. The molecule has 0 radical (unpaired) electrons. The standard InChI is InChI=1S/C24H29NO3/c1-2-3-18-4-6-19(7-5-18)20-8-10-21(11-9-20)23(27)25-14-22-12-13-28-17-24(22,15-25)16-26/h4-11,22,26H,2-3,12-17H2,1H3/t22-,24+/m0/s1. The van der Waals surface area contributed by atoms with E-state index in [4.69, 9.17) is 4.74 Å². The molecule has 2 aromatic rings. The Bertz CT molecular complexity index is 815. The number of aliphatic hydroxyl groups is 1. The van der Waals surface area contributed by atoms with Crippen molar-refractivity contribution in [1.29, 1.82) is 0 Å². The summed E-state index contributed by atoms with van der Waals surface area (Å²) in [7, 11) is 0. The summed E-state index contributed by atoms with van der Waals surface area (Å²) >= 11 is 0. The Kier molecular flexibility index (Phi) is 5.51. The van der Waals surface area contributed by atoms with E-state index in [1.165, 1.54) is 11.1 Å². The third-order valence-electron chi connectivity index (χ3n) is 6.37. The number of aryl methyl sites for hydroxylation is 1. The molecule has 2 aliphatic heterocycles. The lowest BCUT2D eigenvalue weighted by atomic mass is 9.76. The highest BCUT2D eigenvalue weighted by Gasteiger charge is 2.49. The maximum atomic E-state index is 13.0. The highest BCUT2D eigenvalue weighted by atomic mass is 16.5. The molecule has 4 heteroatoms. The minimum atomic E-state index is -0.284. The number of carbonyl (C=O) groups is 1. The minimum absolute atomic E-state index is 0.0482. The van der Waals surface area contributed by atoms with Crippen molar-refractivity contribution in [2.45, 2.75) is 26.2 Å². The molecule has 2 aliphatic rings. The van der Waals surface area contributed by atoms with Crippen LogP contribution in [0.25, 0.3) is 11.1 Å². The van der Waals surface area contributed by atoms with Gasteiger partial charge in [0.25, 0.3) is 5.91 Å². The molecule has 2 fully saturated rings. The van der Waals surface area contributed by atoms with Gasteiger partial charge in [0.05, 0.1) is 13.2 Å². The lowest BCUT2D eigenvalue weighted by molar-refractivity contribution is -0.0556. The van der Waals surface area contributed by atoms with Gasteiger partial charge in [0, 0.05) is 30.7 Å². The predicted octanol–water partition coefficient (Wildman–Crippen LogP) is 3.78. The Morgan fingerprint density at radius 1 is 1.14 bits per heavy atom. The topological polar surface area (TPSA) is 49.8 Å². The first-order valence-corrected chi connectivity index (χ1v) is 10.3. The molecular weight excluding hydrogens is 350 g/mol. The summed E-state index contributed by atoms with van der Waals surface area (Å²) in [5.74, 6) is 0.378. The minimum Gasteiger partial charge on any atom is -0.396 e. The number of nitrogens with zero attached hydrogens (tertiary/aromatic N) is 1. The maximum Gasteiger partial charge on any atom is 0.253 e. The molecule has 4 nitrogen and oxygen atoms in total. The molecule has 0 spiro atoms. The number of likely N-dealkylation sites (tertiary alicyclic amines) is 1. The Labute approximate surface area is 167 Å². The van der Waals surface area contributed by atoms with Gasteiger partial charge in [-0.25, -0.2) is 0 Å². The molecule has 4 rings (SSSR count). The number of aliphatic hydroxyl groups excluding tert-OH is 1. The van der Waals surface area contributed by atoms with Gasteiger partial charge in [0.2, 0.25) is 0 Å². The normalized spacial score (nSPS) is 24.2. The second-order valence-corrected chi connectivity index (χ2v) is 8.27. The van der Waals surface area contributed by atoms with Gasteiger partial charge < -0.3 is 14.7 Å². The molecule has 1 amide bonds. The lowest BCUT2D eigenvalue weighted by Crippen LogP contribution is -2.43. The SMILES string of the molecule is CCCc1ccc(-c2ccc(C(=O)N3C[C@@H]4CCOC[C@]4(CO)C3)cc2)cc1. The highest BCUT2D eigenvalue weighted by Crippen LogP contribution is 2.41. The fraction of sp³-hybridized carbons (Fsp3) is 0.458. The summed E-state index contributed by atoms with van der Waals surface area (Å²) < 4.78 is 5.60. The number of rotatable bonds is 5. The molecular formula is C24H29NO3. The summed E-state index contributed by atoms with van der Waals surface area (Å²) in [6.07, 6.45) is 3.17. The van der Waals surface area contributed by atoms with Crippen LogP contribution in [0.2, 0.25) is 0 Å². The number of amides is 1. The van der Waals surface area contributed by atoms with E-state index in [1.54, 1.807) is 0 Å². The molecule has 0 saturated carbocycles. The summed E-state index contributed by atoms with van der Waals surface area (Å²) in [5.41, 5.74) is 4.07. The molecule has 2 heterocycles. The number of carbonyl (C=O) groups excluding carboxylic acids is 1. The molecule has 1 N–H and O–H groups in total. The first-order chi connectivity index (χ1) is 13.6. The van der Waals surface area contributed by atoms with E-state index in [0.717, 1.165) is 31.4 Å². The number of hydrogen-bond donors (Lipinski definition) is 1. The Morgan fingerprint density at radius 2 is 1.82 bits per heavy atom. The number of fused-ring (bicyclic) bond motifs is 1. The third-order valence-corrected chi connectivity index (χ3v) is 6.37. The average molecular weight is 380 g/mol. The molecule has 0 aliphatic carbocycles. The molecule has 2 atom stereocenters. The van der Waals surface area contributed by atoms with Crippen LogP contribution in [0.4, 0.5) is 0 Å². The van der Waals surface area contributed by atoms with E-state index in [0.29, 0.717) is 31.2 Å². The van der Waals surface area contributed by atoms with Crippen LogP contribution in [0.15, 0.2) is 48.5 Å². The van der Waals surface area contributed by atoms with E-state index >= 15 is 0 Å². The smallest absolute Gasteiger partial charge is 0.253 e. The second kappa shape index (κ2) is 8.06. The summed E-state index contributed by atoms with van der Waals surface area (Å²) in [6.45, 7) is 4.82. The van der Waals surface area contributed by atoms with Crippen LogP contribution < -0.4 is 0 Å². The molecule has 0 unspecified atom stereocenters. The Balaban J connectivity index is 1.47. The van der Waals surface area contributed by atoms with Crippen molar-refractivity contribution in [3.63, 3.8) is 0 Å². The van der Waals surface area contributed by atoms with E-state index in [1.807, 2.05) is 29.2 Å². The van der Waals surface area contributed by atoms with Crippen LogP contribution in [0.5, 0.6) is 0 Å². The van der Waals surface area contributed by atoms with Crippen LogP contribution >= 0.6 is 0 Å².